The van der Waals surface area contributed by atoms with Crippen LogP contribution in [-0.4, -0.2) is 20.6 Å². The first-order chi connectivity index (χ1) is 6.65. The Hall–Kier alpha value is -1.28. The predicted molar refractivity (Wildman–Crippen MR) is 63.5 cm³/mol. The third-order valence-corrected chi connectivity index (χ3v) is 2.22. The van der Waals surface area contributed by atoms with Gasteiger partial charge in [-0.1, -0.05) is 18.7 Å². The molecule has 0 saturated carbocycles. The van der Waals surface area contributed by atoms with Gasteiger partial charge in [0.2, 0.25) is 0 Å². The van der Waals surface area contributed by atoms with Gasteiger partial charge in [-0.25, -0.2) is 0 Å². The van der Waals surface area contributed by atoms with E-state index in [1.807, 2.05) is 20.2 Å². The van der Waals surface area contributed by atoms with E-state index in [4.69, 9.17) is 5.73 Å². The van der Waals surface area contributed by atoms with Crippen molar-refractivity contribution in [3.05, 3.63) is 36.4 Å². The molecule has 2 N–H and O–H groups in total. The molecule has 1 aromatic carbocycles. The minimum Gasteiger partial charge on any atom is -0.378 e. The standard InChI is InChI=1S/C12H18N2/c1-10(7-8-13)11-5-4-6-12(9-11)14(2)3/h4-6,9H,1,7-8,13H2,2-3H3. The van der Waals surface area contributed by atoms with Crippen molar-refractivity contribution in [1.82, 2.24) is 0 Å². The maximum atomic E-state index is 5.49. The van der Waals surface area contributed by atoms with Crippen LogP contribution in [0, 0.1) is 0 Å². The summed E-state index contributed by atoms with van der Waals surface area (Å²) in [6.07, 6.45) is 0.858. The van der Waals surface area contributed by atoms with Crippen LogP contribution in [0.15, 0.2) is 30.8 Å². The molecule has 0 unspecified atom stereocenters. The minimum absolute atomic E-state index is 0.658. The largest absolute Gasteiger partial charge is 0.378 e. The lowest BCUT2D eigenvalue weighted by Gasteiger charge is -2.14. The molecule has 0 amide bonds. The Labute approximate surface area is 86.0 Å². The van der Waals surface area contributed by atoms with Gasteiger partial charge in [-0.05, 0) is 36.2 Å². The molecule has 0 aromatic heterocycles. The smallest absolute Gasteiger partial charge is 0.0367 e. The monoisotopic (exact) mass is 190 g/mol. The van der Waals surface area contributed by atoms with Gasteiger partial charge in [0.15, 0.2) is 0 Å². The van der Waals surface area contributed by atoms with Crippen molar-refractivity contribution in [1.29, 1.82) is 0 Å². The van der Waals surface area contributed by atoms with Crippen LogP contribution in [0.25, 0.3) is 5.57 Å². The van der Waals surface area contributed by atoms with Crippen molar-refractivity contribution in [2.75, 3.05) is 25.5 Å². The van der Waals surface area contributed by atoms with E-state index in [1.54, 1.807) is 0 Å². The summed E-state index contributed by atoms with van der Waals surface area (Å²) in [4.78, 5) is 2.08. The number of nitrogens with zero attached hydrogens (tertiary/aromatic N) is 1. The van der Waals surface area contributed by atoms with Gasteiger partial charge in [-0.3, -0.25) is 0 Å². The van der Waals surface area contributed by atoms with Crippen LogP contribution in [0.4, 0.5) is 5.69 Å². The number of nitrogens with two attached hydrogens (primary N) is 1. The fourth-order valence-electron chi connectivity index (χ4n) is 1.32. The van der Waals surface area contributed by atoms with Crippen molar-refractivity contribution in [3.8, 4) is 0 Å². The van der Waals surface area contributed by atoms with Gasteiger partial charge < -0.3 is 10.6 Å². The van der Waals surface area contributed by atoms with E-state index in [9.17, 15) is 0 Å². The maximum absolute atomic E-state index is 5.49. The zero-order valence-electron chi connectivity index (χ0n) is 8.96. The summed E-state index contributed by atoms with van der Waals surface area (Å²) in [7, 11) is 4.07. The van der Waals surface area contributed by atoms with Gasteiger partial charge in [-0.2, -0.15) is 0 Å². The van der Waals surface area contributed by atoms with Crippen molar-refractivity contribution in [2.45, 2.75) is 6.42 Å². The summed E-state index contributed by atoms with van der Waals surface area (Å²) in [5.41, 5.74) is 8.98. The van der Waals surface area contributed by atoms with Crippen LogP contribution in [0.3, 0.4) is 0 Å². The van der Waals surface area contributed by atoms with Gasteiger partial charge in [0, 0.05) is 19.8 Å². The number of rotatable bonds is 4. The molecule has 0 spiro atoms. The first-order valence-corrected chi connectivity index (χ1v) is 4.80. The molecule has 0 atom stereocenters. The van der Waals surface area contributed by atoms with E-state index in [2.05, 4.69) is 29.7 Å². The van der Waals surface area contributed by atoms with Crippen molar-refractivity contribution in [3.63, 3.8) is 0 Å². The Balaban J connectivity index is 2.88. The average molecular weight is 190 g/mol. The molecular weight excluding hydrogens is 172 g/mol. The topological polar surface area (TPSA) is 29.3 Å². The zero-order valence-corrected chi connectivity index (χ0v) is 8.96. The lowest BCUT2D eigenvalue weighted by molar-refractivity contribution is 1.02. The molecular formula is C12H18N2. The molecule has 76 valence electrons. The quantitative estimate of drug-likeness (QED) is 0.788. The highest BCUT2D eigenvalue weighted by molar-refractivity contribution is 5.67. The van der Waals surface area contributed by atoms with E-state index in [1.165, 1.54) is 11.3 Å². The van der Waals surface area contributed by atoms with Gasteiger partial charge in [0.05, 0.1) is 0 Å². The highest BCUT2D eigenvalue weighted by atomic mass is 15.1. The van der Waals surface area contributed by atoms with Crippen LogP contribution < -0.4 is 10.6 Å². The Kier molecular flexibility index (Phi) is 3.72. The lowest BCUT2D eigenvalue weighted by Crippen LogP contribution is -2.08. The summed E-state index contributed by atoms with van der Waals surface area (Å²) in [6.45, 7) is 4.67. The fraction of sp³-hybridized carbons (Fsp3) is 0.333. The van der Waals surface area contributed by atoms with E-state index >= 15 is 0 Å². The molecule has 0 saturated heterocycles. The highest BCUT2D eigenvalue weighted by Gasteiger charge is 2.00. The number of hydrogen-bond donors (Lipinski definition) is 1. The number of anilines is 1. The van der Waals surface area contributed by atoms with Crippen LogP contribution in [0.1, 0.15) is 12.0 Å². The van der Waals surface area contributed by atoms with Crippen LogP contribution >= 0.6 is 0 Å². The Morgan fingerprint density at radius 3 is 2.71 bits per heavy atom. The lowest BCUT2D eigenvalue weighted by atomic mass is 10.0. The molecule has 14 heavy (non-hydrogen) atoms. The van der Waals surface area contributed by atoms with Gasteiger partial charge in [-0.15, -0.1) is 0 Å². The Bertz CT molecular complexity index is 316. The van der Waals surface area contributed by atoms with Gasteiger partial charge in [0.1, 0.15) is 0 Å². The SMILES string of the molecule is C=C(CCN)c1cccc(N(C)C)c1. The molecule has 0 aliphatic rings. The van der Waals surface area contributed by atoms with Crippen molar-refractivity contribution < 1.29 is 0 Å². The maximum Gasteiger partial charge on any atom is 0.0367 e. The summed E-state index contributed by atoms with van der Waals surface area (Å²) in [5.74, 6) is 0. The van der Waals surface area contributed by atoms with Crippen molar-refractivity contribution in [2.24, 2.45) is 5.73 Å². The van der Waals surface area contributed by atoms with E-state index in [-0.39, 0.29) is 0 Å². The molecule has 0 heterocycles. The average Bonchev–Trinajstić information content (AvgIpc) is 2.18. The third-order valence-electron chi connectivity index (χ3n) is 2.22. The summed E-state index contributed by atoms with van der Waals surface area (Å²) < 4.78 is 0. The molecule has 1 rings (SSSR count). The first-order valence-electron chi connectivity index (χ1n) is 4.80. The van der Waals surface area contributed by atoms with E-state index in [0.29, 0.717) is 6.54 Å². The summed E-state index contributed by atoms with van der Waals surface area (Å²) in [6, 6.07) is 8.34. The van der Waals surface area contributed by atoms with Crippen molar-refractivity contribution >= 4 is 11.3 Å². The van der Waals surface area contributed by atoms with Gasteiger partial charge >= 0.3 is 0 Å². The molecule has 0 aliphatic heterocycles. The third kappa shape index (κ3) is 2.60. The van der Waals surface area contributed by atoms with Crippen LogP contribution in [0.5, 0.6) is 0 Å². The normalized spacial score (nSPS) is 9.93. The molecule has 0 fully saturated rings. The minimum atomic E-state index is 0.658. The molecule has 0 bridgehead atoms. The second-order valence-electron chi connectivity index (χ2n) is 3.59. The predicted octanol–water partition coefficient (Wildman–Crippen LogP) is 2.11. The molecule has 2 nitrogen and oxygen atoms in total. The highest BCUT2D eigenvalue weighted by Crippen LogP contribution is 2.20. The summed E-state index contributed by atoms with van der Waals surface area (Å²) in [5, 5.41) is 0. The van der Waals surface area contributed by atoms with E-state index < -0.39 is 0 Å². The van der Waals surface area contributed by atoms with Crippen LogP contribution in [0.2, 0.25) is 0 Å². The molecule has 0 radical (unpaired) electrons. The number of benzene rings is 1. The Morgan fingerprint density at radius 1 is 1.43 bits per heavy atom. The second-order valence-corrected chi connectivity index (χ2v) is 3.59. The van der Waals surface area contributed by atoms with Gasteiger partial charge in [0.25, 0.3) is 0 Å². The first kappa shape index (κ1) is 10.8. The van der Waals surface area contributed by atoms with Crippen LogP contribution in [-0.2, 0) is 0 Å². The van der Waals surface area contributed by atoms with E-state index in [0.717, 1.165) is 12.0 Å². The second kappa shape index (κ2) is 4.82. The molecule has 1 aromatic rings. The Morgan fingerprint density at radius 2 is 2.14 bits per heavy atom. The number of hydrogen-bond acceptors (Lipinski definition) is 2. The molecule has 0 aliphatic carbocycles. The fourth-order valence-corrected chi connectivity index (χ4v) is 1.32. The molecule has 2 heteroatoms. The zero-order chi connectivity index (χ0) is 10.6. The summed E-state index contributed by atoms with van der Waals surface area (Å²) >= 11 is 0.